The van der Waals surface area contributed by atoms with Gasteiger partial charge in [0.25, 0.3) is 0 Å². The molecule has 2 aliphatic heterocycles. The largest absolute Gasteiger partial charge is 0.351 e. The molecule has 1 aromatic carbocycles. The van der Waals surface area contributed by atoms with Crippen LogP contribution in [0, 0.1) is 5.92 Å². The molecule has 130 valence electrons. The fraction of sp³-hybridized carbons (Fsp3) is 0.421. The van der Waals surface area contributed by atoms with Crippen LogP contribution in [-0.4, -0.2) is 38.9 Å². The Kier molecular flexibility index (Phi) is 4.26. The number of benzene rings is 1. The molecule has 0 radical (unpaired) electrons. The second kappa shape index (κ2) is 6.70. The van der Waals surface area contributed by atoms with Crippen LogP contribution in [0.3, 0.4) is 0 Å². The molecule has 1 aromatic heterocycles. The number of carbonyl (C=O) groups is 2. The van der Waals surface area contributed by atoms with Crippen LogP contribution < -0.4 is 5.32 Å². The monoisotopic (exact) mass is 338 g/mol. The van der Waals surface area contributed by atoms with Crippen molar-refractivity contribution in [3.05, 3.63) is 54.1 Å². The molecule has 2 aromatic rings. The molecule has 2 atom stereocenters. The molecule has 6 heteroatoms. The Labute approximate surface area is 146 Å². The van der Waals surface area contributed by atoms with Crippen molar-refractivity contribution in [2.45, 2.75) is 38.4 Å². The normalized spacial score (nSPS) is 22.7. The molecule has 2 aliphatic rings. The Morgan fingerprint density at radius 2 is 2.08 bits per heavy atom. The molecule has 0 spiro atoms. The van der Waals surface area contributed by atoms with E-state index in [0.29, 0.717) is 19.5 Å². The van der Waals surface area contributed by atoms with Crippen molar-refractivity contribution in [1.29, 1.82) is 0 Å². The van der Waals surface area contributed by atoms with Gasteiger partial charge in [-0.05, 0) is 12.0 Å². The molecular weight excluding hydrogens is 316 g/mol. The van der Waals surface area contributed by atoms with Gasteiger partial charge in [0.1, 0.15) is 5.82 Å². The summed E-state index contributed by atoms with van der Waals surface area (Å²) in [6.07, 6.45) is 5.84. The average molecular weight is 338 g/mol. The third kappa shape index (κ3) is 3.43. The van der Waals surface area contributed by atoms with Crippen molar-refractivity contribution < 1.29 is 9.59 Å². The maximum absolute atomic E-state index is 12.6. The lowest BCUT2D eigenvalue weighted by atomic mass is 10.0. The van der Waals surface area contributed by atoms with E-state index in [4.69, 9.17) is 0 Å². The number of likely N-dealkylation sites (tertiary alicyclic amines) is 1. The van der Waals surface area contributed by atoms with Crippen molar-refractivity contribution in [3.8, 4) is 0 Å². The van der Waals surface area contributed by atoms with E-state index in [2.05, 4.69) is 14.9 Å². The fourth-order valence-corrected chi connectivity index (χ4v) is 3.71. The molecule has 0 saturated carbocycles. The molecule has 1 saturated heterocycles. The number of imidazole rings is 1. The van der Waals surface area contributed by atoms with E-state index in [-0.39, 0.29) is 23.8 Å². The summed E-state index contributed by atoms with van der Waals surface area (Å²) in [4.78, 5) is 30.9. The second-order valence-corrected chi connectivity index (χ2v) is 6.90. The molecule has 25 heavy (non-hydrogen) atoms. The molecular formula is C19H22N4O2. The van der Waals surface area contributed by atoms with Gasteiger partial charge in [0.05, 0.1) is 5.92 Å². The first kappa shape index (κ1) is 15.9. The quantitative estimate of drug-likeness (QED) is 0.915. The van der Waals surface area contributed by atoms with E-state index < -0.39 is 0 Å². The highest BCUT2D eigenvalue weighted by atomic mass is 16.2. The van der Waals surface area contributed by atoms with E-state index in [1.807, 2.05) is 36.5 Å². The number of hydrogen-bond donors (Lipinski definition) is 1. The minimum atomic E-state index is -0.250. The van der Waals surface area contributed by atoms with Crippen molar-refractivity contribution in [1.82, 2.24) is 19.8 Å². The number of aryl methyl sites for hydroxylation is 1. The standard InChI is InChI=1S/C19H22N4O2/c24-18-10-15(12-23(18)11-14-4-2-1-3-5-14)19(25)21-16-6-7-17-20-8-9-22(17)13-16/h1-5,8-9,15-16H,6-7,10-13H2,(H,21,25)/t15-,16+/m1/s1. The van der Waals surface area contributed by atoms with Crippen LogP contribution in [0.4, 0.5) is 0 Å². The van der Waals surface area contributed by atoms with E-state index >= 15 is 0 Å². The zero-order chi connectivity index (χ0) is 17.2. The number of nitrogens with zero attached hydrogens (tertiary/aromatic N) is 3. The molecule has 4 rings (SSSR count). The predicted molar refractivity (Wildman–Crippen MR) is 92.4 cm³/mol. The van der Waals surface area contributed by atoms with Crippen LogP contribution in [0.15, 0.2) is 42.7 Å². The van der Waals surface area contributed by atoms with Crippen molar-refractivity contribution >= 4 is 11.8 Å². The Morgan fingerprint density at radius 1 is 1.24 bits per heavy atom. The maximum atomic E-state index is 12.6. The zero-order valence-electron chi connectivity index (χ0n) is 14.1. The lowest BCUT2D eigenvalue weighted by Crippen LogP contribution is -2.44. The summed E-state index contributed by atoms with van der Waals surface area (Å²) in [5.41, 5.74) is 1.09. The van der Waals surface area contributed by atoms with Crippen LogP contribution in [0.2, 0.25) is 0 Å². The van der Waals surface area contributed by atoms with Gasteiger partial charge in [-0.15, -0.1) is 0 Å². The maximum Gasteiger partial charge on any atom is 0.225 e. The fourth-order valence-electron chi connectivity index (χ4n) is 3.71. The highest BCUT2D eigenvalue weighted by Crippen LogP contribution is 2.21. The molecule has 0 bridgehead atoms. The third-order valence-corrected chi connectivity index (χ3v) is 5.08. The van der Waals surface area contributed by atoms with Gasteiger partial charge in [0, 0.05) is 50.9 Å². The van der Waals surface area contributed by atoms with E-state index in [9.17, 15) is 9.59 Å². The molecule has 0 aliphatic carbocycles. The minimum absolute atomic E-state index is 0.00234. The Morgan fingerprint density at radius 3 is 2.92 bits per heavy atom. The second-order valence-electron chi connectivity index (χ2n) is 6.90. The molecule has 2 amide bonds. The van der Waals surface area contributed by atoms with Gasteiger partial charge in [-0.2, -0.15) is 0 Å². The summed E-state index contributed by atoms with van der Waals surface area (Å²) < 4.78 is 2.09. The molecule has 0 unspecified atom stereocenters. The first-order valence-electron chi connectivity index (χ1n) is 8.81. The predicted octanol–water partition coefficient (Wildman–Crippen LogP) is 1.36. The van der Waals surface area contributed by atoms with Gasteiger partial charge in [0.15, 0.2) is 0 Å². The van der Waals surface area contributed by atoms with E-state index in [1.54, 1.807) is 11.1 Å². The number of rotatable bonds is 4. The van der Waals surface area contributed by atoms with Gasteiger partial charge in [-0.3, -0.25) is 9.59 Å². The Balaban J connectivity index is 1.33. The number of nitrogens with one attached hydrogen (secondary N) is 1. The molecule has 1 N–H and O–H groups in total. The van der Waals surface area contributed by atoms with Gasteiger partial charge < -0.3 is 14.8 Å². The van der Waals surface area contributed by atoms with Gasteiger partial charge in [-0.1, -0.05) is 30.3 Å². The third-order valence-electron chi connectivity index (χ3n) is 5.08. The van der Waals surface area contributed by atoms with Crippen LogP contribution in [0.5, 0.6) is 0 Å². The Hall–Kier alpha value is -2.63. The van der Waals surface area contributed by atoms with Gasteiger partial charge in [-0.25, -0.2) is 4.98 Å². The molecule has 6 nitrogen and oxygen atoms in total. The number of amides is 2. The zero-order valence-corrected chi connectivity index (χ0v) is 14.1. The van der Waals surface area contributed by atoms with Gasteiger partial charge in [0.2, 0.25) is 11.8 Å². The summed E-state index contributed by atoms with van der Waals surface area (Å²) in [6.45, 7) is 1.84. The summed E-state index contributed by atoms with van der Waals surface area (Å²) in [6, 6.07) is 10.0. The van der Waals surface area contributed by atoms with Crippen LogP contribution in [0.1, 0.15) is 24.2 Å². The SMILES string of the molecule is O=C(N[C@H]1CCc2nccn2C1)[C@@H]1CC(=O)N(Cc2ccccc2)C1. The van der Waals surface area contributed by atoms with Crippen LogP contribution >= 0.6 is 0 Å². The molecule has 1 fully saturated rings. The van der Waals surface area contributed by atoms with Crippen LogP contribution in [-0.2, 0) is 29.1 Å². The summed E-state index contributed by atoms with van der Waals surface area (Å²) >= 11 is 0. The summed E-state index contributed by atoms with van der Waals surface area (Å²) in [5, 5.41) is 3.13. The highest BCUT2D eigenvalue weighted by molar-refractivity contribution is 5.89. The lowest BCUT2D eigenvalue weighted by Gasteiger charge is -2.26. The number of aromatic nitrogens is 2. The van der Waals surface area contributed by atoms with Gasteiger partial charge >= 0.3 is 0 Å². The first-order chi connectivity index (χ1) is 12.2. The average Bonchev–Trinajstić information content (AvgIpc) is 3.22. The van der Waals surface area contributed by atoms with E-state index in [0.717, 1.165) is 30.8 Å². The first-order valence-corrected chi connectivity index (χ1v) is 8.81. The minimum Gasteiger partial charge on any atom is -0.351 e. The summed E-state index contributed by atoms with van der Waals surface area (Å²) in [5.74, 6) is 0.887. The molecule has 3 heterocycles. The lowest BCUT2D eigenvalue weighted by molar-refractivity contribution is -0.129. The number of fused-ring (bicyclic) bond motifs is 1. The topological polar surface area (TPSA) is 67.2 Å². The number of carbonyl (C=O) groups excluding carboxylic acids is 2. The van der Waals surface area contributed by atoms with E-state index in [1.165, 1.54) is 0 Å². The van der Waals surface area contributed by atoms with Crippen molar-refractivity contribution in [2.75, 3.05) is 6.54 Å². The smallest absolute Gasteiger partial charge is 0.225 e. The Bertz CT molecular complexity index is 771. The number of hydrogen-bond acceptors (Lipinski definition) is 3. The van der Waals surface area contributed by atoms with Crippen LogP contribution in [0.25, 0.3) is 0 Å². The van der Waals surface area contributed by atoms with Crippen molar-refractivity contribution in [2.24, 2.45) is 5.92 Å². The van der Waals surface area contributed by atoms with Crippen molar-refractivity contribution in [3.63, 3.8) is 0 Å². The highest BCUT2D eigenvalue weighted by Gasteiger charge is 2.35. The summed E-state index contributed by atoms with van der Waals surface area (Å²) in [7, 11) is 0.